The minimum absolute atomic E-state index is 0.0772. The number of primary amides is 1. The normalized spacial score (nSPS) is 12.7. The van der Waals surface area contributed by atoms with E-state index in [0.717, 1.165) is 22.4 Å². The van der Waals surface area contributed by atoms with E-state index in [1.807, 2.05) is 48.5 Å². The van der Waals surface area contributed by atoms with Gasteiger partial charge in [-0.15, -0.1) is 0 Å². The number of anilines is 1. The quantitative estimate of drug-likeness (QED) is 0.314. The second-order valence-electron chi connectivity index (χ2n) is 8.93. The first-order valence-corrected chi connectivity index (χ1v) is 12.3. The van der Waals surface area contributed by atoms with E-state index >= 15 is 0 Å². The molecule has 4 N–H and O–H groups in total. The predicted octanol–water partition coefficient (Wildman–Crippen LogP) is 2.79. The van der Waals surface area contributed by atoms with E-state index in [-0.39, 0.29) is 23.8 Å². The van der Waals surface area contributed by atoms with Crippen LogP contribution in [0.1, 0.15) is 37.7 Å². The van der Waals surface area contributed by atoms with Gasteiger partial charge in [-0.25, -0.2) is 4.68 Å². The Kier molecular flexibility index (Phi) is 7.00. The number of aliphatic hydroxyl groups is 1. The van der Waals surface area contributed by atoms with Gasteiger partial charge in [-0.05, 0) is 53.4 Å². The van der Waals surface area contributed by atoms with Crippen molar-refractivity contribution >= 4 is 17.5 Å². The summed E-state index contributed by atoms with van der Waals surface area (Å²) in [5, 5.41) is 26.3. The molecule has 0 aliphatic carbocycles. The number of amides is 2. The van der Waals surface area contributed by atoms with Crippen molar-refractivity contribution in [2.45, 2.75) is 13.0 Å². The van der Waals surface area contributed by atoms with Crippen LogP contribution in [0.2, 0.25) is 0 Å². The molecule has 4 aromatic rings. The number of carbonyl (C=O) groups excluding carboxylic acids is 2. The maximum atomic E-state index is 13.8. The zero-order valence-electron chi connectivity index (χ0n) is 20.6. The third kappa shape index (κ3) is 4.66. The number of hydrogen-bond acceptors (Lipinski definition) is 6. The highest BCUT2D eigenvalue weighted by Crippen LogP contribution is 2.31. The topological polar surface area (TPSA) is 137 Å². The molecule has 2 amide bonds. The standard InChI is InChI=1S/C29H26N6O3/c30-17-26-25-12-14-34(29(38)27(25)35(33-26)23-6-3-5-20(16-23)28(31)37)22-10-8-19(9-11-22)24-7-2-1-4-21(24)18-32-13-15-36/h1-11,16,32,36H,12-15,18H2,(H2,31,37). The lowest BCUT2D eigenvalue weighted by molar-refractivity contribution is 0.0971. The Morgan fingerprint density at radius 1 is 1.08 bits per heavy atom. The number of fused-ring (bicyclic) bond motifs is 1. The van der Waals surface area contributed by atoms with Gasteiger partial charge in [0.05, 0.1) is 12.3 Å². The lowest BCUT2D eigenvalue weighted by atomic mass is 9.98. The van der Waals surface area contributed by atoms with Crippen molar-refractivity contribution in [2.24, 2.45) is 5.73 Å². The lowest BCUT2D eigenvalue weighted by Crippen LogP contribution is -2.38. The first-order valence-electron chi connectivity index (χ1n) is 12.3. The molecule has 9 nitrogen and oxygen atoms in total. The summed E-state index contributed by atoms with van der Waals surface area (Å²) in [6.45, 7) is 1.64. The van der Waals surface area contributed by atoms with Crippen LogP contribution in [0.5, 0.6) is 0 Å². The highest BCUT2D eigenvalue weighted by atomic mass is 16.3. The third-order valence-corrected chi connectivity index (χ3v) is 6.61. The van der Waals surface area contributed by atoms with Crippen LogP contribution in [-0.4, -0.2) is 46.4 Å². The molecule has 0 spiro atoms. The molecular weight excluding hydrogens is 480 g/mol. The van der Waals surface area contributed by atoms with E-state index in [4.69, 9.17) is 10.8 Å². The average molecular weight is 507 g/mol. The Balaban J connectivity index is 1.47. The molecule has 0 saturated carbocycles. The molecule has 5 rings (SSSR count). The van der Waals surface area contributed by atoms with Gasteiger partial charge in [-0.1, -0.05) is 42.5 Å². The van der Waals surface area contributed by atoms with Gasteiger partial charge in [0.1, 0.15) is 11.8 Å². The predicted molar refractivity (Wildman–Crippen MR) is 143 cm³/mol. The fourth-order valence-electron chi connectivity index (χ4n) is 4.75. The SMILES string of the molecule is N#Cc1nn(-c2cccc(C(N)=O)c2)c2c1CCN(c1ccc(-c3ccccc3CNCCO)cc1)C2=O. The van der Waals surface area contributed by atoms with Gasteiger partial charge in [-0.3, -0.25) is 9.59 Å². The van der Waals surface area contributed by atoms with Crippen molar-refractivity contribution in [3.63, 3.8) is 0 Å². The van der Waals surface area contributed by atoms with E-state index in [1.165, 1.54) is 4.68 Å². The fraction of sp³-hybridized carbons (Fsp3) is 0.172. The van der Waals surface area contributed by atoms with Gasteiger partial charge in [-0.2, -0.15) is 10.4 Å². The number of nitrogens with one attached hydrogen (secondary N) is 1. The maximum absolute atomic E-state index is 13.8. The molecule has 1 aliphatic rings. The van der Waals surface area contributed by atoms with Crippen LogP contribution in [0.25, 0.3) is 16.8 Å². The second-order valence-corrected chi connectivity index (χ2v) is 8.93. The molecule has 1 aromatic heterocycles. The molecule has 0 bridgehead atoms. The van der Waals surface area contributed by atoms with E-state index in [0.29, 0.717) is 43.0 Å². The Hall–Kier alpha value is -4.78. The van der Waals surface area contributed by atoms with Crippen molar-refractivity contribution in [1.82, 2.24) is 15.1 Å². The van der Waals surface area contributed by atoms with Crippen molar-refractivity contribution in [3.8, 4) is 22.9 Å². The first-order chi connectivity index (χ1) is 18.5. The molecule has 38 heavy (non-hydrogen) atoms. The van der Waals surface area contributed by atoms with Gasteiger partial charge >= 0.3 is 0 Å². The van der Waals surface area contributed by atoms with Crippen LogP contribution in [-0.2, 0) is 13.0 Å². The number of nitrogens with two attached hydrogens (primary N) is 1. The second kappa shape index (κ2) is 10.7. The van der Waals surface area contributed by atoms with E-state index < -0.39 is 5.91 Å². The van der Waals surface area contributed by atoms with E-state index in [1.54, 1.807) is 29.2 Å². The number of rotatable bonds is 8. The number of nitriles is 1. The summed E-state index contributed by atoms with van der Waals surface area (Å²) in [4.78, 5) is 27.1. The monoisotopic (exact) mass is 506 g/mol. The molecule has 3 aromatic carbocycles. The Morgan fingerprint density at radius 3 is 2.61 bits per heavy atom. The molecule has 0 unspecified atom stereocenters. The van der Waals surface area contributed by atoms with Crippen LogP contribution in [0, 0.1) is 11.3 Å². The zero-order valence-corrected chi connectivity index (χ0v) is 20.6. The summed E-state index contributed by atoms with van der Waals surface area (Å²) in [6, 6.07) is 24.5. The van der Waals surface area contributed by atoms with Crippen molar-refractivity contribution in [1.29, 1.82) is 5.26 Å². The lowest BCUT2D eigenvalue weighted by Gasteiger charge is -2.28. The fourth-order valence-corrected chi connectivity index (χ4v) is 4.75. The number of benzene rings is 3. The molecular formula is C29H26N6O3. The maximum Gasteiger partial charge on any atom is 0.277 e. The van der Waals surface area contributed by atoms with E-state index in [9.17, 15) is 14.9 Å². The summed E-state index contributed by atoms with van der Waals surface area (Å²) in [7, 11) is 0. The molecule has 190 valence electrons. The summed E-state index contributed by atoms with van der Waals surface area (Å²) in [5.41, 5.74) is 11.2. The van der Waals surface area contributed by atoms with Crippen LogP contribution in [0.15, 0.2) is 72.8 Å². The van der Waals surface area contributed by atoms with Crippen LogP contribution in [0.3, 0.4) is 0 Å². The van der Waals surface area contributed by atoms with Crippen molar-refractivity contribution in [3.05, 3.63) is 101 Å². The molecule has 9 heteroatoms. The van der Waals surface area contributed by atoms with Gasteiger partial charge in [0.25, 0.3) is 5.91 Å². The highest BCUT2D eigenvalue weighted by Gasteiger charge is 2.33. The molecule has 0 fully saturated rings. The van der Waals surface area contributed by atoms with E-state index in [2.05, 4.69) is 16.5 Å². The van der Waals surface area contributed by atoms with Crippen LogP contribution in [0.4, 0.5) is 5.69 Å². The smallest absolute Gasteiger partial charge is 0.277 e. The molecule has 0 atom stereocenters. The van der Waals surface area contributed by atoms with Gasteiger partial charge in [0, 0.05) is 36.4 Å². The molecule has 1 aliphatic heterocycles. The summed E-state index contributed by atoms with van der Waals surface area (Å²) in [6.07, 6.45) is 0.473. The highest BCUT2D eigenvalue weighted by molar-refractivity contribution is 6.08. The van der Waals surface area contributed by atoms with Crippen molar-refractivity contribution in [2.75, 3.05) is 24.6 Å². The largest absolute Gasteiger partial charge is 0.395 e. The average Bonchev–Trinajstić information content (AvgIpc) is 3.34. The minimum atomic E-state index is -0.591. The number of hydrogen-bond donors (Lipinski definition) is 3. The number of carbonyl (C=O) groups is 2. The Labute approximate surface area is 219 Å². The Morgan fingerprint density at radius 2 is 1.87 bits per heavy atom. The van der Waals surface area contributed by atoms with Crippen LogP contribution < -0.4 is 16.0 Å². The third-order valence-electron chi connectivity index (χ3n) is 6.61. The van der Waals surface area contributed by atoms with Gasteiger partial charge in [0.2, 0.25) is 5.91 Å². The summed E-state index contributed by atoms with van der Waals surface area (Å²) in [5.74, 6) is -0.863. The molecule has 0 saturated heterocycles. The molecule has 2 heterocycles. The number of nitrogens with zero attached hydrogens (tertiary/aromatic N) is 4. The van der Waals surface area contributed by atoms with Crippen molar-refractivity contribution < 1.29 is 14.7 Å². The summed E-state index contributed by atoms with van der Waals surface area (Å²) >= 11 is 0. The number of aromatic nitrogens is 2. The molecule has 0 radical (unpaired) electrons. The van der Waals surface area contributed by atoms with Gasteiger partial charge < -0.3 is 21.1 Å². The van der Waals surface area contributed by atoms with Crippen LogP contribution >= 0.6 is 0 Å². The van der Waals surface area contributed by atoms with Gasteiger partial charge in [0.15, 0.2) is 5.69 Å². The number of aliphatic hydroxyl groups excluding tert-OH is 1. The zero-order chi connectivity index (χ0) is 26.6. The Bertz CT molecular complexity index is 1550. The summed E-state index contributed by atoms with van der Waals surface area (Å²) < 4.78 is 1.43. The first kappa shape index (κ1) is 24.9. The minimum Gasteiger partial charge on any atom is -0.395 e.